The van der Waals surface area contributed by atoms with Gasteiger partial charge in [0, 0.05) is 44.8 Å². The van der Waals surface area contributed by atoms with Crippen molar-refractivity contribution in [3.63, 3.8) is 0 Å². The molecule has 1 spiro atoms. The largest absolute Gasteiger partial charge is 0.490 e. The van der Waals surface area contributed by atoms with Gasteiger partial charge in [0.15, 0.2) is 0 Å². The fraction of sp³-hybridized carbons (Fsp3) is 0.455. The average molecular weight is 479 g/mol. The van der Waals surface area contributed by atoms with Gasteiger partial charge in [-0.3, -0.25) is 19.6 Å². The Labute approximate surface area is 193 Å². The molecule has 2 fully saturated rings. The lowest BCUT2D eigenvalue weighted by Gasteiger charge is -2.46. The van der Waals surface area contributed by atoms with E-state index in [0.29, 0.717) is 11.4 Å². The Bertz CT molecular complexity index is 916. The van der Waals surface area contributed by atoms with Crippen molar-refractivity contribution in [3.05, 3.63) is 54.4 Å². The number of rotatable bonds is 2. The van der Waals surface area contributed by atoms with E-state index in [0.717, 1.165) is 51.9 Å². The summed E-state index contributed by atoms with van der Waals surface area (Å²) in [5.41, 5.74) is 1.15. The van der Waals surface area contributed by atoms with Gasteiger partial charge in [-0.25, -0.2) is 9.78 Å². The molecule has 34 heavy (non-hydrogen) atoms. The van der Waals surface area contributed by atoms with Crippen molar-refractivity contribution in [3.8, 4) is 0 Å². The first-order valence-electron chi connectivity index (χ1n) is 10.7. The number of pyridine rings is 1. The third-order valence-corrected chi connectivity index (χ3v) is 6.13. The van der Waals surface area contributed by atoms with Crippen LogP contribution in [0.2, 0.25) is 0 Å². The Kier molecular flexibility index (Phi) is 7.79. The summed E-state index contributed by atoms with van der Waals surface area (Å²) in [5.74, 6) is -2.78. The first-order valence-corrected chi connectivity index (χ1v) is 10.7. The number of hydrogen-bond acceptors (Lipinski definition) is 6. The molecule has 2 aliphatic heterocycles. The number of hydrogen-bond donors (Lipinski definition) is 1. The molecule has 2 amide bonds. The number of amides is 2. The molecule has 12 heteroatoms. The van der Waals surface area contributed by atoms with E-state index in [9.17, 15) is 22.8 Å². The van der Waals surface area contributed by atoms with E-state index in [1.54, 1.807) is 24.7 Å². The lowest BCUT2D eigenvalue weighted by atomic mass is 9.71. The molecule has 1 N–H and O–H groups in total. The van der Waals surface area contributed by atoms with Crippen molar-refractivity contribution in [1.29, 1.82) is 0 Å². The summed E-state index contributed by atoms with van der Waals surface area (Å²) >= 11 is 0. The van der Waals surface area contributed by atoms with Crippen LogP contribution in [0.15, 0.2) is 43.0 Å². The van der Waals surface area contributed by atoms with Crippen LogP contribution in [0.4, 0.5) is 13.2 Å². The average Bonchev–Trinajstić information content (AvgIpc) is 2.85. The number of carboxylic acids is 1. The van der Waals surface area contributed by atoms with Crippen molar-refractivity contribution >= 4 is 17.8 Å². The molecule has 0 bridgehead atoms. The molecular weight excluding hydrogens is 455 g/mol. The number of nitrogens with zero attached hydrogens (tertiary/aromatic N) is 5. The summed E-state index contributed by atoms with van der Waals surface area (Å²) in [5, 5.41) is 7.12. The molecule has 2 saturated heterocycles. The minimum atomic E-state index is -5.08. The highest BCUT2D eigenvalue weighted by Gasteiger charge is 2.40. The highest BCUT2D eigenvalue weighted by Crippen LogP contribution is 2.41. The molecule has 4 rings (SSSR count). The van der Waals surface area contributed by atoms with Crippen LogP contribution in [-0.4, -0.2) is 80.0 Å². The Morgan fingerprint density at radius 2 is 1.32 bits per heavy atom. The van der Waals surface area contributed by atoms with Gasteiger partial charge in [0.25, 0.3) is 11.8 Å². The summed E-state index contributed by atoms with van der Waals surface area (Å²) in [4.78, 5) is 50.0. The molecule has 0 saturated carbocycles. The predicted molar refractivity (Wildman–Crippen MR) is 113 cm³/mol. The smallest absolute Gasteiger partial charge is 0.475 e. The molecule has 182 valence electrons. The van der Waals surface area contributed by atoms with Crippen LogP contribution in [0.5, 0.6) is 0 Å². The van der Waals surface area contributed by atoms with E-state index in [4.69, 9.17) is 9.90 Å². The number of aromatic nitrogens is 3. The molecule has 2 aromatic rings. The van der Waals surface area contributed by atoms with Gasteiger partial charge in [-0.05, 0) is 43.2 Å². The second kappa shape index (κ2) is 10.6. The Balaban J connectivity index is 0.000000406. The lowest BCUT2D eigenvalue weighted by Crippen LogP contribution is -2.49. The molecule has 9 nitrogen and oxygen atoms in total. The highest BCUT2D eigenvalue weighted by atomic mass is 19.4. The second-order valence-corrected chi connectivity index (χ2v) is 8.19. The molecule has 0 radical (unpaired) electrons. The molecule has 0 aromatic carbocycles. The van der Waals surface area contributed by atoms with Crippen molar-refractivity contribution in [2.24, 2.45) is 5.41 Å². The summed E-state index contributed by atoms with van der Waals surface area (Å²) in [6.07, 6.45) is 5.14. The molecule has 0 aliphatic carbocycles. The van der Waals surface area contributed by atoms with Gasteiger partial charge in [0.05, 0.1) is 6.20 Å². The zero-order valence-corrected chi connectivity index (χ0v) is 18.2. The van der Waals surface area contributed by atoms with Crippen LogP contribution in [0.1, 0.15) is 46.7 Å². The number of carbonyl (C=O) groups excluding carboxylic acids is 2. The fourth-order valence-electron chi connectivity index (χ4n) is 4.09. The first-order chi connectivity index (χ1) is 16.1. The topological polar surface area (TPSA) is 117 Å². The quantitative estimate of drug-likeness (QED) is 0.704. The van der Waals surface area contributed by atoms with Crippen LogP contribution in [0, 0.1) is 5.41 Å². The third kappa shape index (κ3) is 6.27. The monoisotopic (exact) mass is 479 g/mol. The molecular formula is C22H24F3N5O4. The summed E-state index contributed by atoms with van der Waals surface area (Å²) in [6.45, 7) is 2.99. The van der Waals surface area contributed by atoms with Crippen LogP contribution >= 0.6 is 0 Å². The van der Waals surface area contributed by atoms with E-state index >= 15 is 0 Å². The van der Waals surface area contributed by atoms with Gasteiger partial charge in [-0.2, -0.15) is 13.2 Å². The van der Waals surface area contributed by atoms with Crippen LogP contribution in [0.3, 0.4) is 0 Å². The first kappa shape index (κ1) is 25.1. The van der Waals surface area contributed by atoms with E-state index < -0.39 is 12.1 Å². The number of aliphatic carboxylic acids is 1. The van der Waals surface area contributed by atoms with Crippen molar-refractivity contribution in [1.82, 2.24) is 24.8 Å². The maximum atomic E-state index is 12.6. The Morgan fingerprint density at radius 3 is 1.74 bits per heavy atom. The minimum absolute atomic E-state index is 0.0146. The van der Waals surface area contributed by atoms with Gasteiger partial charge in [-0.15, -0.1) is 0 Å². The number of likely N-dealkylation sites (tertiary alicyclic amines) is 2. The number of carboxylic acid groups (broad SMARTS) is 1. The van der Waals surface area contributed by atoms with Gasteiger partial charge < -0.3 is 14.9 Å². The number of alkyl halides is 3. The van der Waals surface area contributed by atoms with Crippen LogP contribution in [0.25, 0.3) is 0 Å². The van der Waals surface area contributed by atoms with Crippen molar-refractivity contribution in [2.45, 2.75) is 31.9 Å². The van der Waals surface area contributed by atoms with E-state index in [1.165, 1.54) is 6.20 Å². The number of piperidine rings is 2. The SMILES string of the molecule is O=C(O)C(F)(F)F.O=C(c1ccccn1)N1CCC2(CC1)CCN(C(=O)c1cnccn1)CC2. The van der Waals surface area contributed by atoms with Crippen molar-refractivity contribution in [2.75, 3.05) is 26.2 Å². The molecule has 0 unspecified atom stereocenters. The molecule has 2 aromatic heterocycles. The van der Waals surface area contributed by atoms with Gasteiger partial charge in [0.1, 0.15) is 11.4 Å². The standard InChI is InChI=1S/C20H23N5O2.C2HF3O2/c26-18(16-3-1-2-8-22-16)24-11-4-20(5-12-24)6-13-25(14-7-20)19(27)17-15-21-9-10-23-17;3-2(4,5)1(6)7/h1-3,8-10,15H,4-7,11-14H2;(H,6,7). The lowest BCUT2D eigenvalue weighted by molar-refractivity contribution is -0.192. The van der Waals surface area contributed by atoms with Crippen LogP contribution < -0.4 is 0 Å². The zero-order chi connectivity index (χ0) is 24.8. The van der Waals surface area contributed by atoms with Crippen molar-refractivity contribution < 1.29 is 32.7 Å². The Morgan fingerprint density at radius 1 is 0.824 bits per heavy atom. The minimum Gasteiger partial charge on any atom is -0.475 e. The third-order valence-electron chi connectivity index (χ3n) is 6.13. The maximum absolute atomic E-state index is 12.6. The summed E-state index contributed by atoms with van der Waals surface area (Å²) in [7, 11) is 0. The number of halogens is 3. The van der Waals surface area contributed by atoms with E-state index in [1.807, 2.05) is 21.9 Å². The zero-order valence-electron chi connectivity index (χ0n) is 18.2. The van der Waals surface area contributed by atoms with Gasteiger partial charge in [0.2, 0.25) is 0 Å². The molecule has 2 aliphatic rings. The summed E-state index contributed by atoms with van der Waals surface area (Å²) < 4.78 is 31.7. The highest BCUT2D eigenvalue weighted by molar-refractivity contribution is 5.92. The normalized spacial score (nSPS) is 17.5. The molecule has 4 heterocycles. The van der Waals surface area contributed by atoms with Gasteiger partial charge >= 0.3 is 12.1 Å². The van der Waals surface area contributed by atoms with E-state index in [2.05, 4.69) is 15.0 Å². The number of carbonyl (C=O) groups is 3. The maximum Gasteiger partial charge on any atom is 0.490 e. The second-order valence-electron chi connectivity index (χ2n) is 8.19. The molecule has 0 atom stereocenters. The summed E-state index contributed by atoms with van der Waals surface area (Å²) in [6, 6.07) is 5.43. The van der Waals surface area contributed by atoms with Gasteiger partial charge in [-0.1, -0.05) is 6.07 Å². The predicted octanol–water partition coefficient (Wildman–Crippen LogP) is 2.66. The van der Waals surface area contributed by atoms with E-state index in [-0.39, 0.29) is 17.2 Å². The van der Waals surface area contributed by atoms with Crippen LogP contribution in [-0.2, 0) is 4.79 Å². The fourth-order valence-corrected chi connectivity index (χ4v) is 4.09. The Hall–Kier alpha value is -3.57.